The predicted octanol–water partition coefficient (Wildman–Crippen LogP) is 4.73. The smallest absolute Gasteiger partial charge is 0.337 e. The van der Waals surface area contributed by atoms with Gasteiger partial charge in [-0.2, -0.15) is 0 Å². The van der Waals surface area contributed by atoms with E-state index in [1.165, 1.54) is 29.2 Å². The molecule has 0 saturated heterocycles. The molecule has 0 bridgehead atoms. The summed E-state index contributed by atoms with van der Waals surface area (Å²) in [5.74, 6) is 1.64. The molecule has 5 rings (SSSR count). The van der Waals surface area contributed by atoms with Crippen LogP contribution in [-0.2, 0) is 9.53 Å². The number of nitrogens with zero attached hydrogens (tertiary/aromatic N) is 2. The van der Waals surface area contributed by atoms with Crippen molar-refractivity contribution in [3.05, 3.63) is 102 Å². The van der Waals surface area contributed by atoms with Crippen LogP contribution in [0, 0.1) is 0 Å². The molecule has 200 valence electrons. The van der Waals surface area contributed by atoms with Crippen LogP contribution in [0.5, 0.6) is 11.5 Å². The third-order valence-corrected chi connectivity index (χ3v) is 7.25. The van der Waals surface area contributed by atoms with Gasteiger partial charge in [0.1, 0.15) is 11.5 Å². The summed E-state index contributed by atoms with van der Waals surface area (Å²) in [5, 5.41) is 0.599. The molecule has 0 radical (unpaired) electrons. The number of furan rings is 1. The molecule has 1 aliphatic rings. The van der Waals surface area contributed by atoms with Crippen molar-refractivity contribution in [3.63, 3.8) is 0 Å². The van der Waals surface area contributed by atoms with Gasteiger partial charge in [-0.05, 0) is 55.8 Å². The normalized spacial score (nSPS) is 14.8. The van der Waals surface area contributed by atoms with E-state index in [2.05, 4.69) is 4.99 Å². The Morgan fingerprint density at radius 1 is 1.10 bits per heavy atom. The van der Waals surface area contributed by atoms with Gasteiger partial charge in [-0.25, -0.2) is 9.79 Å². The number of hydrogen-bond acceptors (Lipinski definition) is 8. The number of hydrogen-bond donors (Lipinski definition) is 0. The minimum atomic E-state index is -0.774. The van der Waals surface area contributed by atoms with Crippen LogP contribution in [0.1, 0.15) is 31.2 Å². The van der Waals surface area contributed by atoms with Crippen LogP contribution in [0.3, 0.4) is 0 Å². The van der Waals surface area contributed by atoms with Crippen LogP contribution in [0.25, 0.3) is 17.4 Å². The maximum absolute atomic E-state index is 13.7. The zero-order chi connectivity index (χ0) is 27.5. The Morgan fingerprint density at radius 2 is 1.90 bits per heavy atom. The van der Waals surface area contributed by atoms with Gasteiger partial charge in [-0.15, -0.1) is 0 Å². The van der Waals surface area contributed by atoms with Crippen LogP contribution < -0.4 is 24.4 Å². The highest BCUT2D eigenvalue weighted by atomic mass is 35.5. The number of halogens is 1. The van der Waals surface area contributed by atoms with Gasteiger partial charge in [0, 0.05) is 22.9 Å². The highest BCUT2D eigenvalue weighted by Gasteiger charge is 2.31. The maximum Gasteiger partial charge on any atom is 0.337 e. The number of esters is 1. The second-order valence-electron chi connectivity index (χ2n) is 8.46. The number of rotatable bonds is 8. The largest absolute Gasteiger partial charge is 0.490 e. The van der Waals surface area contributed by atoms with Crippen molar-refractivity contribution in [1.29, 1.82) is 0 Å². The first-order valence-electron chi connectivity index (χ1n) is 12.3. The van der Waals surface area contributed by atoms with Gasteiger partial charge in [-0.3, -0.25) is 9.36 Å². The first-order valence-corrected chi connectivity index (χ1v) is 13.5. The van der Waals surface area contributed by atoms with Gasteiger partial charge < -0.3 is 18.6 Å². The van der Waals surface area contributed by atoms with Crippen molar-refractivity contribution in [2.75, 3.05) is 20.3 Å². The lowest BCUT2D eigenvalue weighted by molar-refractivity contribution is -0.136. The van der Waals surface area contributed by atoms with Crippen LogP contribution >= 0.6 is 22.9 Å². The Morgan fingerprint density at radius 3 is 2.64 bits per heavy atom. The number of methoxy groups -OCH3 is 1. The number of carbonyl (C=O) groups excluding carboxylic acids is 1. The number of benzene rings is 2. The summed E-state index contributed by atoms with van der Waals surface area (Å²) in [7, 11) is 1.30. The molecule has 0 fully saturated rings. The summed E-state index contributed by atoms with van der Waals surface area (Å²) in [6, 6.07) is 15.5. The molecule has 0 N–H and O–H groups in total. The number of thiazole rings is 1. The molecule has 0 saturated carbocycles. The van der Waals surface area contributed by atoms with Gasteiger partial charge in [0.05, 0.1) is 36.5 Å². The molecule has 8 nitrogen and oxygen atoms in total. The zero-order valence-corrected chi connectivity index (χ0v) is 23.0. The second-order valence-corrected chi connectivity index (χ2v) is 9.91. The van der Waals surface area contributed by atoms with Crippen molar-refractivity contribution in [2.24, 2.45) is 4.99 Å². The molecule has 1 aliphatic heterocycles. The average molecular weight is 565 g/mol. The molecule has 10 heteroatoms. The molecule has 4 aromatic rings. The van der Waals surface area contributed by atoms with Crippen LogP contribution in [0.4, 0.5) is 0 Å². The molecule has 2 aromatic heterocycles. The van der Waals surface area contributed by atoms with Crippen LogP contribution in [0.15, 0.2) is 80.6 Å². The molecule has 0 spiro atoms. The molecule has 0 amide bonds. The minimum absolute atomic E-state index is 0.226. The first-order chi connectivity index (χ1) is 18.9. The van der Waals surface area contributed by atoms with Crippen molar-refractivity contribution >= 4 is 35.0 Å². The second kappa shape index (κ2) is 11.3. The summed E-state index contributed by atoms with van der Waals surface area (Å²) in [6.07, 6.45) is 3.12. The molecule has 1 atom stereocenters. The number of aromatic nitrogens is 1. The van der Waals surface area contributed by atoms with E-state index in [1.807, 2.05) is 32.0 Å². The zero-order valence-electron chi connectivity index (χ0n) is 21.5. The number of fused-ring (bicyclic) bond motifs is 1. The van der Waals surface area contributed by atoms with E-state index >= 15 is 0 Å². The highest BCUT2D eigenvalue weighted by Crippen LogP contribution is 2.35. The van der Waals surface area contributed by atoms with Crippen LogP contribution in [0.2, 0.25) is 5.02 Å². The SMILES string of the molecule is CCOc1ccc([C@@H]2C(C(=O)OC)=CN=c3s/c(=C\c4ccc(-c5cccc(Cl)c5)o4)c(=O)n32)cc1OCC. The quantitative estimate of drug-likeness (QED) is 0.287. The molecule has 2 aromatic carbocycles. The van der Waals surface area contributed by atoms with E-state index in [9.17, 15) is 9.59 Å². The molecule has 0 aliphatic carbocycles. The predicted molar refractivity (Wildman–Crippen MR) is 149 cm³/mol. The Kier molecular flexibility index (Phi) is 7.72. The fraction of sp³-hybridized carbons (Fsp3) is 0.207. The Balaban J connectivity index is 1.61. The lowest BCUT2D eigenvalue weighted by Gasteiger charge is -2.23. The number of ether oxygens (including phenoxy) is 3. The standard InChI is InChI=1S/C29H25ClN2O6S/c1-4-36-23-11-9-18(14-24(23)37-5-2)26-21(28(34)35-3)16-31-29-32(26)27(33)25(39-29)15-20-10-12-22(38-20)17-7-6-8-19(30)13-17/h6-16,26H,4-5H2,1-3H3/b25-15-/t26-/m1/s1. The summed E-state index contributed by atoms with van der Waals surface area (Å²) < 4.78 is 24.4. The van der Waals surface area contributed by atoms with Crippen molar-refractivity contribution in [1.82, 2.24) is 4.57 Å². The third-order valence-electron chi connectivity index (χ3n) is 6.02. The van der Waals surface area contributed by atoms with Crippen molar-refractivity contribution < 1.29 is 23.4 Å². The lowest BCUT2D eigenvalue weighted by atomic mass is 9.97. The molecular formula is C29H25ClN2O6S. The van der Waals surface area contributed by atoms with Crippen LogP contribution in [-0.4, -0.2) is 30.9 Å². The highest BCUT2D eigenvalue weighted by molar-refractivity contribution is 7.07. The van der Waals surface area contributed by atoms with E-state index < -0.39 is 12.0 Å². The summed E-state index contributed by atoms with van der Waals surface area (Å²) in [5.41, 5.74) is 1.39. The maximum atomic E-state index is 13.7. The molecule has 39 heavy (non-hydrogen) atoms. The van der Waals surface area contributed by atoms with Gasteiger partial charge in [0.25, 0.3) is 5.56 Å². The van der Waals surface area contributed by atoms with Gasteiger partial charge in [-0.1, -0.05) is 41.1 Å². The minimum Gasteiger partial charge on any atom is -0.490 e. The Hall–Kier alpha value is -4.08. The summed E-state index contributed by atoms with van der Waals surface area (Å²) >= 11 is 7.32. The van der Waals surface area contributed by atoms with Gasteiger partial charge >= 0.3 is 5.97 Å². The first kappa shape index (κ1) is 26.5. The van der Waals surface area contributed by atoms with Crippen molar-refractivity contribution in [3.8, 4) is 22.8 Å². The fourth-order valence-electron chi connectivity index (χ4n) is 4.34. The molecular weight excluding hydrogens is 540 g/mol. The van der Waals surface area contributed by atoms with E-state index in [-0.39, 0.29) is 11.1 Å². The van der Waals surface area contributed by atoms with E-state index in [0.29, 0.717) is 56.2 Å². The van der Waals surface area contributed by atoms with E-state index in [0.717, 1.165) is 5.56 Å². The average Bonchev–Trinajstić information content (AvgIpc) is 3.53. The summed E-state index contributed by atoms with van der Waals surface area (Å²) in [4.78, 5) is 31.4. The monoisotopic (exact) mass is 564 g/mol. The van der Waals surface area contributed by atoms with E-state index in [1.54, 1.807) is 42.5 Å². The molecule has 0 unspecified atom stereocenters. The van der Waals surface area contributed by atoms with Gasteiger partial charge in [0.2, 0.25) is 0 Å². The van der Waals surface area contributed by atoms with Crippen molar-refractivity contribution in [2.45, 2.75) is 19.9 Å². The lowest BCUT2D eigenvalue weighted by Crippen LogP contribution is -2.39. The Bertz CT molecular complexity index is 1750. The third kappa shape index (κ3) is 5.28. The topological polar surface area (TPSA) is 92.3 Å². The van der Waals surface area contributed by atoms with E-state index in [4.69, 9.17) is 30.2 Å². The molecule has 3 heterocycles. The number of carbonyl (C=O) groups is 1. The van der Waals surface area contributed by atoms with Gasteiger partial charge in [0.15, 0.2) is 16.3 Å². The fourth-order valence-corrected chi connectivity index (χ4v) is 5.48. The Labute approximate surface area is 233 Å². The summed E-state index contributed by atoms with van der Waals surface area (Å²) in [6.45, 7) is 4.65.